The minimum Gasteiger partial charge on any atom is -0.382 e. The summed E-state index contributed by atoms with van der Waals surface area (Å²) in [5.74, 6) is 0.275. The zero-order valence-corrected chi connectivity index (χ0v) is 9.40. The number of aromatic nitrogens is 1. The summed E-state index contributed by atoms with van der Waals surface area (Å²) in [6.45, 7) is 4.24. The second kappa shape index (κ2) is 6.79. The van der Waals surface area contributed by atoms with Crippen LogP contribution in [0.25, 0.3) is 0 Å². The molecule has 5 heteroatoms. The van der Waals surface area contributed by atoms with E-state index in [9.17, 15) is 4.79 Å². The van der Waals surface area contributed by atoms with E-state index in [1.807, 2.05) is 6.92 Å². The maximum atomic E-state index is 10.8. The lowest BCUT2D eigenvalue weighted by atomic mass is 10.3. The highest BCUT2D eigenvalue weighted by Gasteiger charge is 2.00. The fourth-order valence-electron chi connectivity index (χ4n) is 1.18. The lowest BCUT2D eigenvalue weighted by molar-refractivity contribution is 0.1000. The number of nitrogens with two attached hydrogens (primary N) is 1. The summed E-state index contributed by atoms with van der Waals surface area (Å²) in [6.07, 6.45) is 2.39. The van der Waals surface area contributed by atoms with Gasteiger partial charge in [-0.2, -0.15) is 0 Å². The molecule has 0 saturated carbocycles. The molecule has 0 bridgehead atoms. The predicted molar refractivity (Wildman–Crippen MR) is 62.4 cm³/mol. The maximum Gasteiger partial charge on any atom is 0.250 e. The molecule has 0 aliphatic rings. The number of carbonyl (C=O) groups is 1. The van der Waals surface area contributed by atoms with Crippen LogP contribution in [0, 0.1) is 0 Å². The van der Waals surface area contributed by atoms with Gasteiger partial charge in [-0.15, -0.1) is 0 Å². The number of amides is 1. The number of nitrogens with zero attached hydrogens (tertiary/aromatic N) is 1. The molecule has 0 spiro atoms. The smallest absolute Gasteiger partial charge is 0.250 e. The van der Waals surface area contributed by atoms with Crippen LogP contribution in [0.15, 0.2) is 18.3 Å². The van der Waals surface area contributed by atoms with E-state index in [2.05, 4.69) is 10.3 Å². The first-order valence-corrected chi connectivity index (χ1v) is 5.31. The highest BCUT2D eigenvalue weighted by Crippen LogP contribution is 2.04. The summed E-state index contributed by atoms with van der Waals surface area (Å²) in [5, 5.41) is 3.13. The molecule has 0 radical (unpaired) electrons. The molecule has 1 aromatic rings. The van der Waals surface area contributed by atoms with Crippen molar-refractivity contribution in [1.82, 2.24) is 4.98 Å². The number of pyridine rings is 1. The summed E-state index contributed by atoms with van der Waals surface area (Å²) in [4.78, 5) is 14.9. The molecule has 0 fully saturated rings. The van der Waals surface area contributed by atoms with Gasteiger partial charge in [-0.1, -0.05) is 0 Å². The van der Waals surface area contributed by atoms with Crippen LogP contribution in [0.3, 0.4) is 0 Å². The van der Waals surface area contributed by atoms with Gasteiger partial charge in [-0.3, -0.25) is 4.79 Å². The number of nitrogens with one attached hydrogen (secondary N) is 1. The van der Waals surface area contributed by atoms with Crippen molar-refractivity contribution in [3.63, 3.8) is 0 Å². The monoisotopic (exact) mass is 223 g/mol. The van der Waals surface area contributed by atoms with Gasteiger partial charge < -0.3 is 15.8 Å². The number of carbonyl (C=O) groups excluding carboxylic acids is 1. The van der Waals surface area contributed by atoms with E-state index >= 15 is 0 Å². The Labute approximate surface area is 95.0 Å². The third-order valence-electron chi connectivity index (χ3n) is 2.02. The summed E-state index contributed by atoms with van der Waals surface area (Å²) in [7, 11) is 0. The minimum absolute atomic E-state index is 0.417. The fourth-order valence-corrected chi connectivity index (χ4v) is 1.18. The van der Waals surface area contributed by atoms with E-state index in [0.717, 1.165) is 32.0 Å². The van der Waals surface area contributed by atoms with Crippen molar-refractivity contribution >= 4 is 11.7 Å². The SMILES string of the molecule is CCOCCCNc1ccc(C(N)=O)cn1. The van der Waals surface area contributed by atoms with Gasteiger partial charge in [-0.05, 0) is 25.5 Å². The van der Waals surface area contributed by atoms with Crippen molar-refractivity contribution in [3.05, 3.63) is 23.9 Å². The second-order valence-electron chi connectivity index (χ2n) is 3.27. The van der Waals surface area contributed by atoms with Gasteiger partial charge in [-0.25, -0.2) is 4.98 Å². The molecule has 0 aromatic carbocycles. The van der Waals surface area contributed by atoms with Crippen molar-refractivity contribution in [1.29, 1.82) is 0 Å². The van der Waals surface area contributed by atoms with Gasteiger partial charge in [0.25, 0.3) is 0 Å². The molecule has 1 aromatic heterocycles. The van der Waals surface area contributed by atoms with E-state index in [-0.39, 0.29) is 0 Å². The molecule has 0 saturated heterocycles. The number of rotatable bonds is 7. The van der Waals surface area contributed by atoms with Crippen LogP contribution in [-0.2, 0) is 4.74 Å². The first-order valence-electron chi connectivity index (χ1n) is 5.31. The van der Waals surface area contributed by atoms with Gasteiger partial charge in [0.1, 0.15) is 5.82 Å². The molecule has 0 aliphatic heterocycles. The third-order valence-corrected chi connectivity index (χ3v) is 2.02. The molecule has 3 N–H and O–H groups in total. The highest BCUT2D eigenvalue weighted by molar-refractivity contribution is 5.92. The Balaban J connectivity index is 2.29. The Morgan fingerprint density at radius 2 is 2.38 bits per heavy atom. The zero-order chi connectivity index (χ0) is 11.8. The highest BCUT2D eigenvalue weighted by atomic mass is 16.5. The molecule has 0 atom stereocenters. The quantitative estimate of drug-likeness (QED) is 0.676. The number of hydrogen-bond acceptors (Lipinski definition) is 4. The van der Waals surface area contributed by atoms with Crippen LogP contribution >= 0.6 is 0 Å². The van der Waals surface area contributed by atoms with E-state index in [1.165, 1.54) is 6.20 Å². The molecule has 16 heavy (non-hydrogen) atoms. The molecular formula is C11H17N3O2. The summed E-state index contributed by atoms with van der Waals surface area (Å²) >= 11 is 0. The first kappa shape index (κ1) is 12.4. The Morgan fingerprint density at radius 3 is 2.94 bits per heavy atom. The average molecular weight is 223 g/mol. The number of primary amides is 1. The van der Waals surface area contributed by atoms with Crippen molar-refractivity contribution < 1.29 is 9.53 Å². The largest absolute Gasteiger partial charge is 0.382 e. The van der Waals surface area contributed by atoms with Crippen molar-refractivity contribution in [3.8, 4) is 0 Å². The van der Waals surface area contributed by atoms with Crippen molar-refractivity contribution in [2.45, 2.75) is 13.3 Å². The van der Waals surface area contributed by atoms with E-state index in [1.54, 1.807) is 12.1 Å². The summed E-state index contributed by atoms with van der Waals surface area (Å²) < 4.78 is 5.20. The molecule has 0 unspecified atom stereocenters. The standard InChI is InChI=1S/C11H17N3O2/c1-2-16-7-3-6-13-10-5-4-9(8-14-10)11(12)15/h4-5,8H,2-3,6-7H2,1H3,(H2,12,15)(H,13,14). The van der Waals surface area contributed by atoms with Crippen LogP contribution in [0.5, 0.6) is 0 Å². The molecule has 1 amide bonds. The second-order valence-corrected chi connectivity index (χ2v) is 3.27. The van der Waals surface area contributed by atoms with Gasteiger partial charge in [0.15, 0.2) is 0 Å². The van der Waals surface area contributed by atoms with E-state index < -0.39 is 5.91 Å². The Morgan fingerprint density at radius 1 is 1.56 bits per heavy atom. The van der Waals surface area contributed by atoms with Gasteiger partial charge in [0.2, 0.25) is 5.91 Å². The molecule has 0 aliphatic carbocycles. The third kappa shape index (κ3) is 4.27. The molecule has 1 rings (SSSR count). The molecule has 1 heterocycles. The number of anilines is 1. The summed E-state index contributed by atoms with van der Waals surface area (Å²) in [5.41, 5.74) is 5.52. The van der Waals surface area contributed by atoms with E-state index in [4.69, 9.17) is 10.5 Å². The average Bonchev–Trinajstić information content (AvgIpc) is 2.29. The number of ether oxygens (including phenoxy) is 1. The summed E-state index contributed by atoms with van der Waals surface area (Å²) in [6, 6.07) is 3.39. The van der Waals surface area contributed by atoms with Crippen LogP contribution in [0.4, 0.5) is 5.82 Å². The Kier molecular flexibility index (Phi) is 5.28. The molecule has 5 nitrogen and oxygen atoms in total. The normalized spacial score (nSPS) is 10.1. The maximum absolute atomic E-state index is 10.8. The predicted octanol–water partition coefficient (Wildman–Crippen LogP) is 1.02. The van der Waals surface area contributed by atoms with Crippen LogP contribution in [0.2, 0.25) is 0 Å². The lowest BCUT2D eigenvalue weighted by Gasteiger charge is -2.05. The van der Waals surface area contributed by atoms with Gasteiger partial charge in [0.05, 0.1) is 5.56 Å². The molecule has 88 valence electrons. The van der Waals surface area contributed by atoms with Crippen molar-refractivity contribution in [2.24, 2.45) is 5.73 Å². The van der Waals surface area contributed by atoms with Crippen LogP contribution in [-0.4, -0.2) is 30.6 Å². The lowest BCUT2D eigenvalue weighted by Crippen LogP contribution is -2.12. The fraction of sp³-hybridized carbons (Fsp3) is 0.455. The van der Waals surface area contributed by atoms with Crippen LogP contribution in [0.1, 0.15) is 23.7 Å². The Bertz CT molecular complexity index is 325. The van der Waals surface area contributed by atoms with Gasteiger partial charge >= 0.3 is 0 Å². The topological polar surface area (TPSA) is 77.2 Å². The van der Waals surface area contributed by atoms with E-state index in [0.29, 0.717) is 5.56 Å². The van der Waals surface area contributed by atoms with Gasteiger partial charge in [0, 0.05) is 26.0 Å². The molecular weight excluding hydrogens is 206 g/mol. The van der Waals surface area contributed by atoms with Crippen LogP contribution < -0.4 is 11.1 Å². The number of hydrogen-bond donors (Lipinski definition) is 2. The zero-order valence-electron chi connectivity index (χ0n) is 9.40. The Hall–Kier alpha value is -1.62. The first-order chi connectivity index (χ1) is 7.74. The van der Waals surface area contributed by atoms with Crippen molar-refractivity contribution in [2.75, 3.05) is 25.1 Å². The minimum atomic E-state index is -0.463.